The van der Waals surface area contributed by atoms with Crippen LogP contribution >= 0.6 is 0 Å². The van der Waals surface area contributed by atoms with Gasteiger partial charge in [-0.15, -0.1) is 0 Å². The Morgan fingerprint density at radius 3 is 1.33 bits per heavy atom. The van der Waals surface area contributed by atoms with E-state index in [1.165, 1.54) is 0 Å². The average Bonchev–Trinajstić information content (AvgIpc) is 1.00. The van der Waals surface area contributed by atoms with Gasteiger partial charge in [-0.2, -0.15) is 0 Å². The maximum atomic E-state index is 8.06. The van der Waals surface area contributed by atoms with Crippen molar-refractivity contribution >= 4 is 17.4 Å². The quantitative estimate of drug-likeness (QED) is 0.383. The van der Waals surface area contributed by atoms with Crippen molar-refractivity contribution in [3.05, 3.63) is 0 Å². The Kier molecular flexibility index (Phi) is 339. The van der Waals surface area contributed by atoms with Gasteiger partial charge in [-0.3, -0.25) is 0 Å². The molecule has 6 heteroatoms. The van der Waals surface area contributed by atoms with Crippen LogP contribution in [-0.4, -0.2) is 17.4 Å². The van der Waals surface area contributed by atoms with E-state index in [4.69, 9.17) is 3.83 Å². The minimum absolute atomic E-state index is 0. The van der Waals surface area contributed by atoms with E-state index in [0.29, 0.717) is 0 Å². The molecule has 0 aliphatic heterocycles. The molecule has 1 nitrogen and oxygen atoms in total. The number of hydrogen-bond donors (Lipinski definition) is 0. The van der Waals surface area contributed by atoms with Crippen molar-refractivity contribution in [2.45, 2.75) is 0 Å². The zero-order chi connectivity index (χ0) is 2.00. The Morgan fingerprint density at radius 2 is 1.33 bits per heavy atom. The van der Waals surface area contributed by atoms with Crippen LogP contribution in [0.5, 0.6) is 0 Å². The summed E-state index contributed by atoms with van der Waals surface area (Å²) in [5, 5.41) is 0. The van der Waals surface area contributed by atoms with Gasteiger partial charge in [0.25, 0.3) is 0 Å². The summed E-state index contributed by atoms with van der Waals surface area (Å²) in [6.07, 6.45) is 0. The monoisotopic (exact) mass is 226 g/mol. The molecule has 0 aromatic rings. The fourth-order valence-corrected chi connectivity index (χ4v) is 0. The Balaban J connectivity index is -0.000000000500. The summed E-state index contributed by atoms with van der Waals surface area (Å²) < 4.78 is 8.06. The molecule has 0 spiro atoms. The van der Waals surface area contributed by atoms with Crippen molar-refractivity contribution < 1.29 is 73.3 Å². The van der Waals surface area contributed by atoms with E-state index in [2.05, 4.69) is 0 Å². The molecular weight excluding hydrogens is 222 g/mol. The summed E-state index contributed by atoms with van der Waals surface area (Å²) in [5.41, 5.74) is 0. The summed E-state index contributed by atoms with van der Waals surface area (Å²) in [5.74, 6) is 0. The molecule has 0 amide bonds. The molecule has 0 aromatic heterocycles. The third-order valence-corrected chi connectivity index (χ3v) is 0. The summed E-state index contributed by atoms with van der Waals surface area (Å²) in [4.78, 5) is 0. The van der Waals surface area contributed by atoms with Crippen molar-refractivity contribution in [2.75, 3.05) is 0 Å². The minimum atomic E-state index is 0. The molecule has 0 bridgehead atoms. The van der Waals surface area contributed by atoms with Crippen LogP contribution in [0, 0.1) is 0 Å². The van der Waals surface area contributed by atoms with Crippen LogP contribution in [-0.2, 0) is 53.0 Å². The third kappa shape index (κ3) is 31.9. The second-order valence-electron chi connectivity index (χ2n) is 0. The van der Waals surface area contributed by atoms with E-state index in [0.717, 1.165) is 0 Å². The zero-order valence-corrected chi connectivity index (χ0v) is 5.64. The molecule has 0 aliphatic carbocycles. The van der Waals surface area contributed by atoms with Crippen LogP contribution < -0.4 is 18.9 Å². The Morgan fingerprint density at radius 1 is 1.33 bits per heavy atom. The van der Waals surface area contributed by atoms with Crippen molar-refractivity contribution in [2.24, 2.45) is 0 Å². The topological polar surface area (TPSA) is 17.1 Å². The fraction of sp³-hybridized carbons (Fsp3) is 0. The second-order valence-corrected chi connectivity index (χ2v) is 0. The van der Waals surface area contributed by atoms with E-state index >= 15 is 0 Å². The first-order valence-corrected chi connectivity index (χ1v) is 0.636. The molecule has 0 N–H and O–H groups in total. The predicted molar refractivity (Wildman–Crippen MR) is 11.7 cm³/mol. The summed E-state index contributed by atoms with van der Waals surface area (Å²) in [6.45, 7) is 0. The molecule has 0 saturated heterocycles. The predicted octanol–water partition coefficient (Wildman–Crippen LogP) is -4.19. The normalized spacial score (nSPS) is 0.667. The van der Waals surface area contributed by atoms with Crippen LogP contribution in [0.25, 0.3) is 0 Å². The average molecular weight is 227 g/mol. The van der Waals surface area contributed by atoms with Crippen molar-refractivity contribution in [3.8, 4) is 0 Å². The van der Waals surface area contributed by atoms with Gasteiger partial charge < -0.3 is 1.43 Å². The standard InChI is InChI=1S/Al.Co.Li.Mn.Ni.O.4H/q;;+1;;;;;;;-1. The molecule has 0 aromatic carbocycles. The fourth-order valence-electron chi connectivity index (χ4n) is 0. The van der Waals surface area contributed by atoms with Gasteiger partial charge in [0.05, 0.1) is 0 Å². The van der Waals surface area contributed by atoms with E-state index in [9.17, 15) is 0 Å². The maximum absolute atomic E-state index is 8.06. The van der Waals surface area contributed by atoms with Gasteiger partial charge in [0.15, 0.2) is 17.4 Å². The van der Waals surface area contributed by atoms with Crippen molar-refractivity contribution in [3.63, 3.8) is 0 Å². The molecule has 0 rings (SSSR count). The first kappa shape index (κ1) is 39.4. The van der Waals surface area contributed by atoms with Crippen LogP contribution in [0.3, 0.4) is 0 Å². The Hall–Kier alpha value is 2.45. The van der Waals surface area contributed by atoms with Crippen LogP contribution in [0.2, 0.25) is 0 Å². The van der Waals surface area contributed by atoms with Gasteiger partial charge in [0, 0.05) is 33.3 Å². The Bertz CT molecular complexity index is 19.7. The summed E-state index contributed by atoms with van der Waals surface area (Å²) in [7, 11) is 0. The van der Waals surface area contributed by atoms with Crippen molar-refractivity contribution in [1.29, 1.82) is 0 Å². The number of rotatable bonds is 0. The molecule has 0 atom stereocenters. The third-order valence-electron chi connectivity index (χ3n) is 0. The molecule has 0 unspecified atom stereocenters. The Labute approximate surface area is 89.7 Å². The first-order valence-electron chi connectivity index (χ1n) is 0.154. The van der Waals surface area contributed by atoms with Gasteiger partial charge in [0.1, 0.15) is 0 Å². The van der Waals surface area contributed by atoms with Gasteiger partial charge in [0.2, 0.25) is 0 Å². The molecule has 0 heterocycles. The van der Waals surface area contributed by atoms with Gasteiger partial charge in [-0.25, -0.2) is 0 Å². The summed E-state index contributed by atoms with van der Waals surface area (Å²) >= 11 is 1.69. The molecule has 0 saturated carbocycles. The van der Waals surface area contributed by atoms with Crippen LogP contribution in [0.15, 0.2) is 0 Å². The SMILES string of the molecule is [AlH3].[Co].[H-].[Li+].[Ni].[O]=[Mn]. The van der Waals surface area contributed by atoms with Crippen LogP contribution in [0.1, 0.15) is 1.43 Å². The molecule has 40 valence electrons. The van der Waals surface area contributed by atoms with Gasteiger partial charge >= 0.3 is 38.6 Å². The molecule has 0 aliphatic rings. The molecule has 6 heavy (non-hydrogen) atoms. The van der Waals surface area contributed by atoms with Gasteiger partial charge in [-0.1, -0.05) is 0 Å². The van der Waals surface area contributed by atoms with E-state index in [1.807, 2.05) is 0 Å². The molecule has 0 fully saturated rings. The zero-order valence-electron chi connectivity index (χ0n) is 3.44. The van der Waals surface area contributed by atoms with Crippen LogP contribution in [0.4, 0.5) is 0 Å². The van der Waals surface area contributed by atoms with E-state index in [-0.39, 0.29) is 70.9 Å². The van der Waals surface area contributed by atoms with Gasteiger partial charge in [-0.05, 0) is 0 Å². The first-order chi connectivity index (χ1) is 1.00. The summed E-state index contributed by atoms with van der Waals surface area (Å²) in [6, 6.07) is 0. The molecule has 1 radical (unpaired) electrons. The molecular formula is H4AlCoLiMnNiO. The van der Waals surface area contributed by atoms with E-state index < -0.39 is 0 Å². The van der Waals surface area contributed by atoms with Crippen molar-refractivity contribution in [1.82, 2.24) is 0 Å². The van der Waals surface area contributed by atoms with E-state index in [1.54, 1.807) is 15.9 Å². The number of hydrogen-bond acceptors (Lipinski definition) is 1. The second kappa shape index (κ2) is 51.6.